The summed E-state index contributed by atoms with van der Waals surface area (Å²) in [5.41, 5.74) is 4.07. The minimum atomic E-state index is -0.509. The van der Waals surface area contributed by atoms with Crippen LogP contribution < -0.4 is 10.1 Å². The molecule has 0 bridgehead atoms. The molecule has 1 amide bonds. The van der Waals surface area contributed by atoms with E-state index in [0.29, 0.717) is 21.5 Å². The number of nitrogens with one attached hydrogen (secondary N) is 1. The molecule has 0 saturated heterocycles. The SMILES string of the molecule is COc1cc(Br)c(/C=C(\C#N)C(=O)Nc2c(C)cc(C)cc2C)cc1O. The van der Waals surface area contributed by atoms with Gasteiger partial charge in [0.1, 0.15) is 11.6 Å². The van der Waals surface area contributed by atoms with Gasteiger partial charge in [0.15, 0.2) is 11.5 Å². The number of phenols is 1. The second kappa shape index (κ2) is 8.07. The molecule has 0 aliphatic heterocycles. The summed E-state index contributed by atoms with van der Waals surface area (Å²) in [6.07, 6.45) is 1.41. The molecule has 0 aliphatic rings. The van der Waals surface area contributed by atoms with Gasteiger partial charge in [-0.2, -0.15) is 5.26 Å². The van der Waals surface area contributed by atoms with Crippen molar-refractivity contribution in [2.75, 3.05) is 12.4 Å². The highest BCUT2D eigenvalue weighted by Gasteiger charge is 2.14. The smallest absolute Gasteiger partial charge is 0.266 e. The van der Waals surface area contributed by atoms with Crippen molar-refractivity contribution >= 4 is 33.6 Å². The molecule has 0 unspecified atom stereocenters. The number of aromatic hydroxyl groups is 1. The molecule has 2 rings (SSSR count). The number of aryl methyl sites for hydroxylation is 3. The number of halogens is 1. The molecule has 0 aromatic heterocycles. The highest BCUT2D eigenvalue weighted by Crippen LogP contribution is 2.33. The van der Waals surface area contributed by atoms with Gasteiger partial charge in [0.2, 0.25) is 0 Å². The van der Waals surface area contributed by atoms with Crippen LogP contribution in [0, 0.1) is 32.1 Å². The maximum atomic E-state index is 12.6. The van der Waals surface area contributed by atoms with Crippen LogP contribution in [0.15, 0.2) is 34.3 Å². The molecule has 0 saturated carbocycles. The first kappa shape index (κ1) is 19.5. The summed E-state index contributed by atoms with van der Waals surface area (Å²) in [5, 5.41) is 22.1. The molecule has 0 heterocycles. The number of hydrogen-bond donors (Lipinski definition) is 2. The van der Waals surface area contributed by atoms with Crippen molar-refractivity contribution in [2.45, 2.75) is 20.8 Å². The van der Waals surface area contributed by atoms with Crippen LogP contribution in [0.4, 0.5) is 5.69 Å². The van der Waals surface area contributed by atoms with Gasteiger partial charge < -0.3 is 15.2 Å². The number of hydrogen-bond acceptors (Lipinski definition) is 4. The Bertz CT molecular complexity index is 920. The summed E-state index contributed by atoms with van der Waals surface area (Å²) in [7, 11) is 1.44. The number of nitrogens with zero attached hydrogens (tertiary/aromatic N) is 1. The van der Waals surface area contributed by atoms with Gasteiger partial charge in [-0.15, -0.1) is 0 Å². The van der Waals surface area contributed by atoms with E-state index in [1.807, 2.05) is 39.0 Å². The fraction of sp³-hybridized carbons (Fsp3) is 0.200. The number of amides is 1. The van der Waals surface area contributed by atoms with Crippen molar-refractivity contribution < 1.29 is 14.6 Å². The molecule has 0 aliphatic carbocycles. The van der Waals surface area contributed by atoms with E-state index in [-0.39, 0.29) is 11.3 Å². The quantitative estimate of drug-likeness (QED) is 0.563. The Morgan fingerprint density at radius 1 is 1.23 bits per heavy atom. The number of benzene rings is 2. The first-order valence-electron chi connectivity index (χ1n) is 7.84. The maximum Gasteiger partial charge on any atom is 0.266 e. The van der Waals surface area contributed by atoms with E-state index in [0.717, 1.165) is 16.7 Å². The third kappa shape index (κ3) is 4.24. The molecule has 2 aromatic rings. The monoisotopic (exact) mass is 414 g/mol. The average molecular weight is 415 g/mol. The number of rotatable bonds is 4. The van der Waals surface area contributed by atoms with E-state index < -0.39 is 5.91 Å². The largest absolute Gasteiger partial charge is 0.504 e. The minimum absolute atomic E-state index is 0.0744. The van der Waals surface area contributed by atoms with Gasteiger partial charge >= 0.3 is 0 Å². The van der Waals surface area contributed by atoms with E-state index >= 15 is 0 Å². The number of nitriles is 1. The molecular weight excluding hydrogens is 396 g/mol. The number of anilines is 1. The summed E-state index contributed by atoms with van der Waals surface area (Å²) < 4.78 is 5.62. The molecular formula is C20H19BrN2O3. The van der Waals surface area contributed by atoms with Crippen molar-refractivity contribution in [3.8, 4) is 17.6 Å². The van der Waals surface area contributed by atoms with E-state index in [9.17, 15) is 15.2 Å². The second-order valence-corrected chi connectivity index (χ2v) is 6.80. The van der Waals surface area contributed by atoms with Crippen LogP contribution in [0.5, 0.6) is 11.5 Å². The van der Waals surface area contributed by atoms with Crippen LogP contribution in [0.1, 0.15) is 22.3 Å². The van der Waals surface area contributed by atoms with Crippen molar-refractivity contribution in [3.05, 3.63) is 56.6 Å². The Hall–Kier alpha value is -2.78. The van der Waals surface area contributed by atoms with Crippen LogP contribution in [0.3, 0.4) is 0 Å². The van der Waals surface area contributed by atoms with Crippen molar-refractivity contribution in [3.63, 3.8) is 0 Å². The minimum Gasteiger partial charge on any atom is -0.504 e. The highest BCUT2D eigenvalue weighted by molar-refractivity contribution is 9.10. The van der Waals surface area contributed by atoms with E-state index in [1.54, 1.807) is 6.07 Å². The molecule has 134 valence electrons. The average Bonchev–Trinajstić information content (AvgIpc) is 2.58. The lowest BCUT2D eigenvalue weighted by Gasteiger charge is -2.12. The summed E-state index contributed by atoms with van der Waals surface area (Å²) >= 11 is 3.35. The topological polar surface area (TPSA) is 82.3 Å². The highest BCUT2D eigenvalue weighted by atomic mass is 79.9. The van der Waals surface area contributed by atoms with Crippen molar-refractivity contribution in [1.29, 1.82) is 5.26 Å². The fourth-order valence-corrected chi connectivity index (χ4v) is 3.13. The predicted molar refractivity (Wildman–Crippen MR) is 105 cm³/mol. The zero-order valence-corrected chi connectivity index (χ0v) is 16.6. The van der Waals surface area contributed by atoms with E-state index in [4.69, 9.17) is 4.74 Å². The Morgan fingerprint density at radius 2 is 1.85 bits per heavy atom. The number of ether oxygens (including phenoxy) is 1. The Kier molecular flexibility index (Phi) is 6.06. The van der Waals surface area contributed by atoms with E-state index in [1.165, 1.54) is 19.3 Å². The lowest BCUT2D eigenvalue weighted by Crippen LogP contribution is -2.15. The van der Waals surface area contributed by atoms with E-state index in [2.05, 4.69) is 21.2 Å². The molecule has 5 nitrogen and oxygen atoms in total. The zero-order valence-electron chi connectivity index (χ0n) is 15.0. The molecule has 0 radical (unpaired) electrons. The Labute approximate surface area is 161 Å². The molecule has 2 N–H and O–H groups in total. The summed E-state index contributed by atoms with van der Waals surface area (Å²) in [4.78, 5) is 12.6. The van der Waals surface area contributed by atoms with Gasteiger partial charge in [0.05, 0.1) is 7.11 Å². The fourth-order valence-electron chi connectivity index (χ4n) is 2.70. The van der Waals surface area contributed by atoms with Crippen LogP contribution >= 0.6 is 15.9 Å². The summed E-state index contributed by atoms with van der Waals surface area (Å²) in [6, 6.07) is 8.85. The number of methoxy groups -OCH3 is 1. The maximum absolute atomic E-state index is 12.6. The van der Waals surface area contributed by atoms with Gasteiger partial charge in [0.25, 0.3) is 5.91 Å². The summed E-state index contributed by atoms with van der Waals surface area (Å²) in [6.45, 7) is 5.80. The molecule has 6 heteroatoms. The standard InChI is InChI=1S/C20H19BrN2O3/c1-11-5-12(2)19(13(3)6-11)23-20(25)15(10-22)7-14-8-17(24)18(26-4)9-16(14)21/h5-9,24H,1-4H3,(H,23,25)/b15-7+. The van der Waals surface area contributed by atoms with Gasteiger partial charge in [-0.25, -0.2) is 0 Å². The number of phenolic OH excluding ortho intramolecular Hbond substituents is 1. The molecule has 0 atom stereocenters. The first-order chi connectivity index (χ1) is 12.3. The second-order valence-electron chi connectivity index (χ2n) is 5.94. The van der Waals surface area contributed by atoms with Crippen molar-refractivity contribution in [2.24, 2.45) is 0 Å². The number of carbonyl (C=O) groups excluding carboxylic acids is 1. The third-order valence-electron chi connectivity index (χ3n) is 3.88. The van der Waals surface area contributed by atoms with Crippen LogP contribution in [-0.4, -0.2) is 18.1 Å². The van der Waals surface area contributed by atoms with Gasteiger partial charge in [-0.05, 0) is 55.7 Å². The third-order valence-corrected chi connectivity index (χ3v) is 4.57. The van der Waals surface area contributed by atoms with Crippen LogP contribution in [-0.2, 0) is 4.79 Å². The lowest BCUT2D eigenvalue weighted by molar-refractivity contribution is -0.112. The summed E-state index contributed by atoms with van der Waals surface area (Å²) in [5.74, 6) is -0.294. The normalized spacial score (nSPS) is 11.0. The zero-order chi connectivity index (χ0) is 19.4. The lowest BCUT2D eigenvalue weighted by atomic mass is 10.0. The first-order valence-corrected chi connectivity index (χ1v) is 8.63. The predicted octanol–water partition coefficient (Wildman–Crippen LogP) is 4.63. The number of carbonyl (C=O) groups is 1. The Morgan fingerprint density at radius 3 is 2.38 bits per heavy atom. The van der Waals surface area contributed by atoms with Gasteiger partial charge in [-0.3, -0.25) is 4.79 Å². The van der Waals surface area contributed by atoms with Crippen LogP contribution in [0.25, 0.3) is 6.08 Å². The van der Waals surface area contributed by atoms with Gasteiger partial charge in [0, 0.05) is 10.2 Å². The molecule has 0 fully saturated rings. The molecule has 26 heavy (non-hydrogen) atoms. The van der Waals surface area contributed by atoms with Crippen molar-refractivity contribution in [1.82, 2.24) is 0 Å². The Balaban J connectivity index is 2.37. The van der Waals surface area contributed by atoms with Crippen LogP contribution in [0.2, 0.25) is 0 Å². The van der Waals surface area contributed by atoms with Gasteiger partial charge in [-0.1, -0.05) is 33.6 Å². The molecule has 2 aromatic carbocycles. The molecule has 0 spiro atoms.